The third-order valence-corrected chi connectivity index (χ3v) is 4.76. The second-order valence-corrected chi connectivity index (χ2v) is 6.68. The largest absolute Gasteiger partial charge is 0.618 e. The number of nitrogens with zero attached hydrogens (tertiary/aromatic N) is 3. The Bertz CT molecular complexity index is 1120. The molecule has 3 atom stereocenters. The summed E-state index contributed by atoms with van der Waals surface area (Å²) in [5.41, 5.74) is -0.384. The molecule has 0 radical (unpaired) electrons. The number of hydrogen-bond acceptors (Lipinski definition) is 8. The summed E-state index contributed by atoms with van der Waals surface area (Å²) in [5.74, 6) is -0.274. The summed E-state index contributed by atoms with van der Waals surface area (Å²) in [6, 6.07) is 3.19. The van der Waals surface area contributed by atoms with Gasteiger partial charge in [-0.05, 0) is 31.0 Å². The fourth-order valence-corrected chi connectivity index (χ4v) is 3.05. The van der Waals surface area contributed by atoms with Crippen LogP contribution >= 0.6 is 0 Å². The van der Waals surface area contributed by atoms with E-state index >= 15 is 0 Å². The summed E-state index contributed by atoms with van der Waals surface area (Å²) in [7, 11) is 0. The molecule has 0 spiro atoms. The van der Waals surface area contributed by atoms with Gasteiger partial charge < -0.3 is 30.2 Å². The van der Waals surface area contributed by atoms with Crippen molar-refractivity contribution < 1.29 is 25.2 Å². The quantitative estimate of drug-likeness (QED) is 0.180. The van der Waals surface area contributed by atoms with Crippen molar-refractivity contribution >= 4 is 11.0 Å². The van der Waals surface area contributed by atoms with E-state index in [4.69, 9.17) is 5.11 Å². The van der Waals surface area contributed by atoms with Crippen LogP contribution in [0.25, 0.3) is 22.6 Å². The summed E-state index contributed by atoms with van der Waals surface area (Å²) < 4.78 is 1.63. The van der Waals surface area contributed by atoms with Gasteiger partial charge in [0.2, 0.25) is 11.3 Å². The Kier molecular flexibility index (Phi) is 5.17. The maximum absolute atomic E-state index is 12.8. The van der Waals surface area contributed by atoms with Gasteiger partial charge in [0.1, 0.15) is 23.8 Å². The maximum atomic E-state index is 12.8. The molecule has 0 aliphatic carbocycles. The van der Waals surface area contributed by atoms with Gasteiger partial charge in [-0.15, -0.1) is 0 Å². The van der Waals surface area contributed by atoms with E-state index in [1.165, 1.54) is 4.57 Å². The molecule has 0 bridgehead atoms. The normalized spacial score (nSPS) is 15.1. The van der Waals surface area contributed by atoms with Gasteiger partial charge in [0, 0.05) is 6.07 Å². The summed E-state index contributed by atoms with van der Waals surface area (Å²) in [4.78, 5) is 29.6. The maximum Gasteiger partial charge on any atom is 0.350 e. The van der Waals surface area contributed by atoms with Crippen molar-refractivity contribution in [2.75, 3.05) is 6.61 Å². The number of aromatic nitrogens is 4. The third-order valence-electron chi connectivity index (χ3n) is 4.76. The average molecular weight is 392 g/mol. The van der Waals surface area contributed by atoms with E-state index in [1.807, 2.05) is 4.98 Å². The number of aliphatic hydroxyl groups is 4. The van der Waals surface area contributed by atoms with Gasteiger partial charge in [0.05, 0.1) is 13.2 Å². The van der Waals surface area contributed by atoms with Gasteiger partial charge >= 0.3 is 16.9 Å². The van der Waals surface area contributed by atoms with E-state index in [2.05, 4.69) is 4.98 Å². The topological polar surface area (TPSA) is 176 Å². The number of aromatic amines is 1. The molecule has 0 saturated carbocycles. The SMILES string of the molecule is Cc1cc2c(cc1C)[n+]([O-])c1c(=O)[nH]c(=O)nc-1n2C[C@@H](O)[C@@H](O)[C@H](O)CO. The molecule has 0 fully saturated rings. The standard InChI is InChI=1S/C17H20N4O7/c1-7-3-9-10(4-8(7)2)21(28)13-15(18-17(27)19-16(13)26)20(9)5-11(23)14(25)12(24)6-22/h3-4,11-12,14,22-25H,5-6H2,1-2H3,(H,19,26,27)/t11-,12-,14-/m1/s1. The minimum absolute atomic E-state index is 0.103. The minimum atomic E-state index is -1.71. The lowest BCUT2D eigenvalue weighted by Gasteiger charge is -2.24. The number of H-pyrrole nitrogens is 1. The monoisotopic (exact) mass is 392 g/mol. The number of aryl methyl sites for hydroxylation is 2. The highest BCUT2D eigenvalue weighted by molar-refractivity contribution is 5.77. The van der Waals surface area contributed by atoms with Crippen molar-refractivity contribution in [3.63, 3.8) is 0 Å². The van der Waals surface area contributed by atoms with Crippen molar-refractivity contribution in [2.45, 2.75) is 38.7 Å². The van der Waals surface area contributed by atoms with Crippen LogP contribution in [0.2, 0.25) is 0 Å². The number of fused-ring (bicyclic) bond motifs is 2. The van der Waals surface area contributed by atoms with Gasteiger partial charge in [0.15, 0.2) is 0 Å². The molecule has 2 heterocycles. The van der Waals surface area contributed by atoms with Gasteiger partial charge in [-0.3, -0.25) is 9.78 Å². The van der Waals surface area contributed by atoms with Crippen LogP contribution in [0.4, 0.5) is 0 Å². The van der Waals surface area contributed by atoms with Crippen LogP contribution in [0, 0.1) is 19.1 Å². The molecular weight excluding hydrogens is 372 g/mol. The molecular formula is C17H20N4O7. The van der Waals surface area contributed by atoms with Crippen LogP contribution in [0.15, 0.2) is 21.7 Å². The van der Waals surface area contributed by atoms with Crippen LogP contribution in [-0.2, 0) is 6.54 Å². The number of rotatable bonds is 5. The van der Waals surface area contributed by atoms with Crippen molar-refractivity contribution in [3.8, 4) is 11.5 Å². The Balaban J connectivity index is 2.35. The zero-order valence-electron chi connectivity index (χ0n) is 15.2. The first-order valence-electron chi connectivity index (χ1n) is 8.48. The fraction of sp³-hybridized carbons (Fsp3) is 0.412. The van der Waals surface area contributed by atoms with E-state index in [1.54, 1.807) is 26.0 Å². The minimum Gasteiger partial charge on any atom is -0.618 e. The highest BCUT2D eigenvalue weighted by atomic mass is 16.5. The highest BCUT2D eigenvalue weighted by Gasteiger charge is 2.31. The van der Waals surface area contributed by atoms with Crippen molar-refractivity contribution in [3.05, 3.63) is 49.3 Å². The Hall–Kier alpha value is -2.86. The van der Waals surface area contributed by atoms with E-state index in [-0.39, 0.29) is 16.9 Å². The Morgan fingerprint density at radius 1 is 1.18 bits per heavy atom. The molecule has 1 aromatic rings. The fourth-order valence-electron chi connectivity index (χ4n) is 3.05. The number of aliphatic hydroxyl groups excluding tert-OH is 4. The Labute approximate surface area is 157 Å². The predicted octanol–water partition coefficient (Wildman–Crippen LogP) is -2.49. The molecule has 11 nitrogen and oxygen atoms in total. The molecule has 28 heavy (non-hydrogen) atoms. The van der Waals surface area contributed by atoms with Crippen molar-refractivity contribution in [1.82, 2.24) is 14.5 Å². The van der Waals surface area contributed by atoms with Crippen LogP contribution in [0.1, 0.15) is 11.1 Å². The molecule has 3 rings (SSSR count). The zero-order valence-corrected chi connectivity index (χ0v) is 15.2. The first kappa shape index (κ1) is 19.9. The van der Waals surface area contributed by atoms with Crippen LogP contribution in [0.3, 0.4) is 0 Å². The number of nitrogens with one attached hydrogen (secondary N) is 1. The average Bonchev–Trinajstić information content (AvgIpc) is 2.64. The van der Waals surface area contributed by atoms with Gasteiger partial charge in [-0.1, -0.05) is 0 Å². The van der Waals surface area contributed by atoms with Crippen LogP contribution in [-0.4, -0.2) is 59.9 Å². The molecule has 2 aliphatic heterocycles. The molecule has 0 aromatic heterocycles. The second kappa shape index (κ2) is 7.28. The van der Waals surface area contributed by atoms with Gasteiger partial charge in [-0.25, -0.2) is 4.79 Å². The van der Waals surface area contributed by atoms with Crippen molar-refractivity contribution in [1.29, 1.82) is 0 Å². The molecule has 0 unspecified atom stereocenters. The summed E-state index contributed by atoms with van der Waals surface area (Å²) >= 11 is 0. The zero-order chi connectivity index (χ0) is 20.7. The van der Waals surface area contributed by atoms with Crippen LogP contribution < -0.4 is 16.0 Å². The molecule has 11 heteroatoms. The lowest BCUT2D eigenvalue weighted by Crippen LogP contribution is -2.45. The number of hydrogen-bond donors (Lipinski definition) is 5. The molecule has 5 N–H and O–H groups in total. The van der Waals surface area contributed by atoms with E-state index < -0.39 is 48.4 Å². The number of benzene rings is 1. The lowest BCUT2D eigenvalue weighted by molar-refractivity contribution is -0.566. The van der Waals surface area contributed by atoms with Crippen molar-refractivity contribution in [2.24, 2.45) is 0 Å². The highest BCUT2D eigenvalue weighted by Crippen LogP contribution is 2.23. The van der Waals surface area contributed by atoms with Gasteiger partial charge in [0.25, 0.3) is 0 Å². The smallest absolute Gasteiger partial charge is 0.350 e. The Morgan fingerprint density at radius 2 is 1.82 bits per heavy atom. The van der Waals surface area contributed by atoms with E-state index in [0.29, 0.717) is 4.73 Å². The third kappa shape index (κ3) is 3.24. The van der Waals surface area contributed by atoms with Crippen LogP contribution in [0.5, 0.6) is 0 Å². The molecule has 1 aromatic carbocycles. The first-order chi connectivity index (χ1) is 13.1. The predicted molar refractivity (Wildman–Crippen MR) is 96.8 cm³/mol. The van der Waals surface area contributed by atoms with E-state index in [9.17, 15) is 30.1 Å². The van der Waals surface area contributed by atoms with E-state index in [0.717, 1.165) is 11.1 Å². The lowest BCUT2D eigenvalue weighted by atomic mass is 10.1. The summed E-state index contributed by atoms with van der Waals surface area (Å²) in [6.45, 7) is 2.40. The Morgan fingerprint density at radius 3 is 2.46 bits per heavy atom. The summed E-state index contributed by atoms with van der Waals surface area (Å²) in [5, 5.41) is 51.6. The first-order valence-corrected chi connectivity index (χ1v) is 8.48. The molecule has 150 valence electrons. The molecule has 2 aliphatic rings. The molecule has 0 amide bonds. The van der Waals surface area contributed by atoms with Gasteiger partial charge in [-0.2, -0.15) is 9.71 Å². The summed E-state index contributed by atoms with van der Waals surface area (Å²) in [6.07, 6.45) is -4.89. The second-order valence-electron chi connectivity index (χ2n) is 6.68. The molecule has 0 saturated heterocycles.